The lowest BCUT2D eigenvalue weighted by molar-refractivity contribution is -0.123. The molecule has 1 aliphatic heterocycles. The monoisotopic (exact) mass is 340 g/mol. The second-order valence-corrected chi connectivity index (χ2v) is 7.23. The zero-order valence-electron chi connectivity index (χ0n) is 14.1. The molecule has 0 aliphatic carbocycles. The fraction of sp³-hybridized carbons (Fsp3) is 0.350. The van der Waals surface area contributed by atoms with E-state index in [4.69, 9.17) is 0 Å². The van der Waals surface area contributed by atoms with Crippen LogP contribution in [0.15, 0.2) is 48.5 Å². The standard InChI is InChI=1S/C20H21FN2O2/c1-20(25,11-13-10-16(21)19(24)22-13)12-23-17-8-4-2-6-14(17)15-7-3-5-9-18(15)23/h2-9,13,16,25H,10-12H2,1H3,(H,22,24). The third kappa shape index (κ3) is 2.89. The molecular weight excluding hydrogens is 319 g/mol. The molecule has 1 aromatic heterocycles. The van der Waals surface area contributed by atoms with Crippen molar-refractivity contribution in [1.29, 1.82) is 0 Å². The van der Waals surface area contributed by atoms with Crippen molar-refractivity contribution >= 4 is 27.7 Å². The second-order valence-electron chi connectivity index (χ2n) is 7.23. The van der Waals surface area contributed by atoms with Gasteiger partial charge in [-0.2, -0.15) is 0 Å². The van der Waals surface area contributed by atoms with E-state index < -0.39 is 17.7 Å². The van der Waals surface area contributed by atoms with E-state index in [1.807, 2.05) is 36.4 Å². The molecule has 3 aromatic rings. The van der Waals surface area contributed by atoms with Gasteiger partial charge in [0.25, 0.3) is 5.91 Å². The molecule has 0 radical (unpaired) electrons. The fourth-order valence-electron chi connectivity index (χ4n) is 3.95. The minimum atomic E-state index is -1.46. The van der Waals surface area contributed by atoms with E-state index in [1.165, 1.54) is 0 Å². The van der Waals surface area contributed by atoms with Crippen LogP contribution in [0.5, 0.6) is 0 Å². The lowest BCUT2D eigenvalue weighted by atomic mass is 9.95. The lowest BCUT2D eigenvalue weighted by Crippen LogP contribution is -2.38. The van der Waals surface area contributed by atoms with Crippen LogP contribution in [0.2, 0.25) is 0 Å². The van der Waals surface area contributed by atoms with Crippen molar-refractivity contribution in [1.82, 2.24) is 9.88 Å². The number of carbonyl (C=O) groups is 1. The third-order valence-corrected chi connectivity index (χ3v) is 4.99. The van der Waals surface area contributed by atoms with Gasteiger partial charge in [-0.1, -0.05) is 36.4 Å². The van der Waals surface area contributed by atoms with E-state index in [0.29, 0.717) is 13.0 Å². The highest BCUT2D eigenvalue weighted by atomic mass is 19.1. The van der Waals surface area contributed by atoms with Crippen LogP contribution < -0.4 is 5.32 Å². The molecule has 3 atom stereocenters. The molecular formula is C20H21FN2O2. The largest absolute Gasteiger partial charge is 0.388 e. The number of fused-ring (bicyclic) bond motifs is 3. The summed E-state index contributed by atoms with van der Waals surface area (Å²) in [6, 6.07) is 15.9. The summed E-state index contributed by atoms with van der Waals surface area (Å²) < 4.78 is 15.5. The smallest absolute Gasteiger partial charge is 0.254 e. The Labute approximate surface area is 145 Å². The van der Waals surface area contributed by atoms with E-state index in [0.717, 1.165) is 21.8 Å². The van der Waals surface area contributed by atoms with Crippen molar-refractivity contribution in [3.05, 3.63) is 48.5 Å². The Morgan fingerprint density at radius 1 is 1.16 bits per heavy atom. The molecule has 3 unspecified atom stereocenters. The van der Waals surface area contributed by atoms with Crippen LogP contribution in [0, 0.1) is 0 Å². The maximum Gasteiger partial charge on any atom is 0.254 e. The molecule has 1 fully saturated rings. The number of para-hydroxylation sites is 2. The molecule has 4 nitrogen and oxygen atoms in total. The van der Waals surface area contributed by atoms with Gasteiger partial charge in [-0.15, -0.1) is 0 Å². The molecule has 130 valence electrons. The lowest BCUT2D eigenvalue weighted by Gasteiger charge is -2.27. The number of benzene rings is 2. The number of amides is 1. The van der Waals surface area contributed by atoms with Crippen LogP contribution in [0.3, 0.4) is 0 Å². The van der Waals surface area contributed by atoms with Crippen LogP contribution in [-0.4, -0.2) is 33.4 Å². The minimum Gasteiger partial charge on any atom is -0.388 e. The molecule has 1 amide bonds. The molecule has 0 spiro atoms. The number of aromatic nitrogens is 1. The Kier molecular flexibility index (Phi) is 3.76. The molecule has 2 heterocycles. The number of rotatable bonds is 4. The Morgan fingerprint density at radius 2 is 1.72 bits per heavy atom. The van der Waals surface area contributed by atoms with Crippen LogP contribution in [-0.2, 0) is 11.3 Å². The van der Waals surface area contributed by atoms with E-state index in [1.54, 1.807) is 6.92 Å². The average molecular weight is 340 g/mol. The first-order valence-electron chi connectivity index (χ1n) is 8.57. The Bertz CT molecular complexity index is 894. The van der Waals surface area contributed by atoms with Gasteiger partial charge in [0.2, 0.25) is 0 Å². The van der Waals surface area contributed by atoms with Crippen molar-refractivity contribution in [2.75, 3.05) is 0 Å². The molecule has 25 heavy (non-hydrogen) atoms. The summed E-state index contributed by atoms with van der Waals surface area (Å²) in [5, 5.41) is 15.9. The molecule has 1 aliphatic rings. The number of hydrogen-bond acceptors (Lipinski definition) is 2. The molecule has 0 saturated carbocycles. The van der Waals surface area contributed by atoms with E-state index in [2.05, 4.69) is 22.0 Å². The summed E-state index contributed by atoms with van der Waals surface area (Å²) in [6.07, 6.45) is -1.02. The number of carbonyl (C=O) groups excluding carboxylic acids is 1. The highest BCUT2D eigenvalue weighted by Gasteiger charge is 2.36. The highest BCUT2D eigenvalue weighted by Crippen LogP contribution is 2.31. The summed E-state index contributed by atoms with van der Waals surface area (Å²) in [6.45, 7) is 2.12. The first kappa shape index (κ1) is 16.1. The number of alkyl halides is 1. The molecule has 0 bridgehead atoms. The van der Waals surface area contributed by atoms with Gasteiger partial charge in [-0.3, -0.25) is 4.79 Å². The predicted octanol–water partition coefficient (Wildman–Crippen LogP) is 3.16. The molecule has 4 rings (SSSR count). The van der Waals surface area contributed by atoms with Gasteiger partial charge >= 0.3 is 0 Å². The van der Waals surface area contributed by atoms with Gasteiger partial charge in [0, 0.05) is 34.3 Å². The first-order chi connectivity index (χ1) is 11.9. The summed E-state index contributed by atoms with van der Waals surface area (Å²) in [5.74, 6) is -0.572. The summed E-state index contributed by atoms with van der Waals surface area (Å²) in [5.41, 5.74) is 1.05. The maximum atomic E-state index is 13.4. The highest BCUT2D eigenvalue weighted by molar-refractivity contribution is 6.07. The fourth-order valence-corrected chi connectivity index (χ4v) is 3.95. The molecule has 5 heteroatoms. The SMILES string of the molecule is CC(O)(CC1CC(F)C(=O)N1)Cn1c2ccccc2c2ccccc21. The minimum absolute atomic E-state index is 0.127. The summed E-state index contributed by atoms with van der Waals surface area (Å²) in [4.78, 5) is 11.4. The number of aliphatic hydroxyl groups is 1. The van der Waals surface area contributed by atoms with Gasteiger partial charge in [-0.05, 0) is 25.5 Å². The van der Waals surface area contributed by atoms with Crippen molar-refractivity contribution in [2.45, 2.75) is 44.1 Å². The predicted molar refractivity (Wildman–Crippen MR) is 96.1 cm³/mol. The van der Waals surface area contributed by atoms with Gasteiger partial charge in [0.05, 0.1) is 12.1 Å². The van der Waals surface area contributed by atoms with Gasteiger partial charge in [-0.25, -0.2) is 4.39 Å². The maximum absolute atomic E-state index is 13.4. The average Bonchev–Trinajstić information content (AvgIpc) is 3.05. The van der Waals surface area contributed by atoms with Gasteiger partial charge in [0.1, 0.15) is 0 Å². The number of hydrogen-bond donors (Lipinski definition) is 2. The third-order valence-electron chi connectivity index (χ3n) is 4.99. The summed E-state index contributed by atoms with van der Waals surface area (Å²) in [7, 11) is 0. The number of nitrogens with one attached hydrogen (secondary N) is 1. The van der Waals surface area contributed by atoms with Crippen LogP contribution in [0.1, 0.15) is 19.8 Å². The number of halogens is 1. The topological polar surface area (TPSA) is 54.3 Å². The van der Waals surface area contributed by atoms with E-state index >= 15 is 0 Å². The van der Waals surface area contributed by atoms with Crippen LogP contribution >= 0.6 is 0 Å². The van der Waals surface area contributed by atoms with Gasteiger partial charge < -0.3 is 15.0 Å². The first-order valence-corrected chi connectivity index (χ1v) is 8.57. The Hall–Kier alpha value is -2.40. The number of nitrogens with zero attached hydrogens (tertiary/aromatic N) is 1. The van der Waals surface area contributed by atoms with E-state index in [-0.39, 0.29) is 12.5 Å². The zero-order chi connectivity index (χ0) is 17.6. The molecule has 2 N–H and O–H groups in total. The quantitative estimate of drug-likeness (QED) is 0.766. The van der Waals surface area contributed by atoms with Gasteiger partial charge in [0.15, 0.2) is 6.17 Å². The Balaban J connectivity index is 1.68. The van der Waals surface area contributed by atoms with Crippen LogP contribution in [0.25, 0.3) is 21.8 Å². The van der Waals surface area contributed by atoms with Crippen molar-refractivity contribution < 1.29 is 14.3 Å². The second kappa shape index (κ2) is 5.85. The Morgan fingerprint density at radius 3 is 2.24 bits per heavy atom. The summed E-state index contributed by atoms with van der Waals surface area (Å²) >= 11 is 0. The zero-order valence-corrected chi connectivity index (χ0v) is 14.1. The van der Waals surface area contributed by atoms with Crippen LogP contribution in [0.4, 0.5) is 4.39 Å². The van der Waals surface area contributed by atoms with Crippen molar-refractivity contribution in [2.24, 2.45) is 0 Å². The molecule has 1 saturated heterocycles. The van der Waals surface area contributed by atoms with Crippen molar-refractivity contribution in [3.63, 3.8) is 0 Å². The normalized spacial score (nSPS) is 23.1. The van der Waals surface area contributed by atoms with E-state index in [9.17, 15) is 14.3 Å². The molecule has 2 aromatic carbocycles. The van der Waals surface area contributed by atoms with Crippen molar-refractivity contribution in [3.8, 4) is 0 Å².